The predicted octanol–water partition coefficient (Wildman–Crippen LogP) is 2.94. The highest BCUT2D eigenvalue weighted by Crippen LogP contribution is 2.38. The summed E-state index contributed by atoms with van der Waals surface area (Å²) >= 11 is 2.96. The molecule has 0 spiro atoms. The van der Waals surface area contributed by atoms with Crippen LogP contribution in [-0.2, 0) is 11.0 Å². The van der Waals surface area contributed by atoms with Gasteiger partial charge in [-0.3, -0.25) is 4.79 Å². The minimum atomic E-state index is -4.56. The van der Waals surface area contributed by atoms with Crippen LogP contribution in [0, 0.1) is 0 Å². The zero-order valence-electron chi connectivity index (χ0n) is 8.46. The Hall–Kier alpha value is -1.08. The van der Waals surface area contributed by atoms with Crippen LogP contribution in [0.5, 0.6) is 0 Å². The molecule has 0 bridgehead atoms. The molecule has 0 aromatic heterocycles. The number of carbonyl (C=O) groups is 1. The molecule has 0 aliphatic carbocycles. The zero-order chi connectivity index (χ0) is 13.2. The second kappa shape index (κ2) is 5.05. The summed E-state index contributed by atoms with van der Waals surface area (Å²) in [7, 11) is 0. The Labute approximate surface area is 104 Å². The van der Waals surface area contributed by atoms with E-state index in [9.17, 15) is 18.0 Å². The lowest BCUT2D eigenvalue weighted by molar-refractivity contribution is -0.140. The van der Waals surface area contributed by atoms with Crippen LogP contribution < -0.4 is 5.73 Å². The Morgan fingerprint density at radius 1 is 1.47 bits per heavy atom. The molecule has 7 heteroatoms. The number of carboxylic acid groups (broad SMARTS) is 1. The van der Waals surface area contributed by atoms with Crippen molar-refractivity contribution < 1.29 is 23.1 Å². The molecule has 1 aromatic rings. The van der Waals surface area contributed by atoms with Crippen molar-refractivity contribution in [3.05, 3.63) is 33.8 Å². The normalized spacial score (nSPS) is 13.5. The first-order valence-corrected chi connectivity index (χ1v) is 5.35. The Morgan fingerprint density at radius 2 is 2.06 bits per heavy atom. The van der Waals surface area contributed by atoms with Gasteiger partial charge in [0.1, 0.15) is 0 Å². The van der Waals surface area contributed by atoms with Gasteiger partial charge in [-0.1, -0.05) is 22.0 Å². The summed E-state index contributed by atoms with van der Waals surface area (Å²) in [6.07, 6.45) is -5.12. The van der Waals surface area contributed by atoms with Crippen LogP contribution in [0.15, 0.2) is 22.7 Å². The van der Waals surface area contributed by atoms with Gasteiger partial charge in [-0.2, -0.15) is 13.2 Å². The summed E-state index contributed by atoms with van der Waals surface area (Å²) < 4.78 is 38.3. The first kappa shape index (κ1) is 14.0. The van der Waals surface area contributed by atoms with Gasteiger partial charge in [0.15, 0.2) is 0 Å². The lowest BCUT2D eigenvalue weighted by Gasteiger charge is -2.18. The summed E-state index contributed by atoms with van der Waals surface area (Å²) in [5, 5.41) is 8.55. The Balaban J connectivity index is 3.25. The molecule has 3 N–H and O–H groups in total. The summed E-state index contributed by atoms with van der Waals surface area (Å²) in [5.41, 5.74) is 4.33. The van der Waals surface area contributed by atoms with E-state index in [1.165, 1.54) is 12.1 Å². The maximum atomic E-state index is 12.7. The zero-order valence-corrected chi connectivity index (χ0v) is 10.0. The fourth-order valence-corrected chi connectivity index (χ4v) is 2.11. The first-order chi connectivity index (χ1) is 7.73. The molecule has 1 aromatic carbocycles. The number of halogens is 4. The van der Waals surface area contributed by atoms with Crippen LogP contribution in [0.25, 0.3) is 0 Å². The van der Waals surface area contributed by atoms with Gasteiger partial charge in [0.2, 0.25) is 0 Å². The fraction of sp³-hybridized carbons (Fsp3) is 0.300. The Kier molecular flexibility index (Phi) is 4.16. The highest BCUT2D eigenvalue weighted by molar-refractivity contribution is 9.10. The second-order valence-corrected chi connectivity index (χ2v) is 4.26. The summed E-state index contributed by atoms with van der Waals surface area (Å²) in [6.45, 7) is 0. The highest BCUT2D eigenvalue weighted by Gasteiger charge is 2.35. The quantitative estimate of drug-likeness (QED) is 0.902. The van der Waals surface area contributed by atoms with Gasteiger partial charge in [-0.25, -0.2) is 0 Å². The van der Waals surface area contributed by atoms with Gasteiger partial charge in [-0.15, -0.1) is 0 Å². The van der Waals surface area contributed by atoms with Gasteiger partial charge in [0, 0.05) is 10.5 Å². The third-order valence-corrected chi connectivity index (χ3v) is 2.82. The number of nitrogens with two attached hydrogens (primary N) is 1. The van der Waals surface area contributed by atoms with Crippen molar-refractivity contribution in [2.75, 3.05) is 0 Å². The van der Waals surface area contributed by atoms with E-state index in [0.717, 1.165) is 6.07 Å². The van der Waals surface area contributed by atoms with Crippen LogP contribution in [0.1, 0.15) is 23.6 Å². The molecule has 0 fully saturated rings. The van der Waals surface area contributed by atoms with Crippen LogP contribution in [-0.4, -0.2) is 11.1 Å². The molecule has 0 amide bonds. The van der Waals surface area contributed by atoms with E-state index < -0.39 is 30.2 Å². The van der Waals surface area contributed by atoms with Crippen LogP contribution in [0.4, 0.5) is 13.2 Å². The van der Waals surface area contributed by atoms with E-state index in [4.69, 9.17) is 10.8 Å². The highest BCUT2D eigenvalue weighted by atomic mass is 79.9. The first-order valence-electron chi connectivity index (χ1n) is 4.56. The van der Waals surface area contributed by atoms with E-state index in [-0.39, 0.29) is 10.0 Å². The molecular weight excluding hydrogens is 303 g/mol. The molecule has 0 saturated heterocycles. The van der Waals surface area contributed by atoms with Crippen LogP contribution in [0.3, 0.4) is 0 Å². The average Bonchev–Trinajstić information content (AvgIpc) is 2.14. The third-order valence-electron chi connectivity index (χ3n) is 2.12. The standard InChI is InChI=1S/C10H9BrF3NO2/c11-6-3-1-2-5(10(12,13)14)9(6)7(15)4-8(16)17/h1-3,7H,4,15H2,(H,16,17). The summed E-state index contributed by atoms with van der Waals surface area (Å²) in [6, 6.07) is 2.29. The van der Waals surface area contributed by atoms with Gasteiger partial charge in [0.05, 0.1) is 12.0 Å². The van der Waals surface area contributed by atoms with Gasteiger partial charge < -0.3 is 10.8 Å². The van der Waals surface area contributed by atoms with Crippen molar-refractivity contribution in [3.63, 3.8) is 0 Å². The minimum absolute atomic E-state index is 0.154. The molecule has 1 rings (SSSR count). The van der Waals surface area contributed by atoms with Crippen molar-refractivity contribution in [3.8, 4) is 0 Å². The van der Waals surface area contributed by atoms with Gasteiger partial charge >= 0.3 is 12.1 Å². The minimum Gasteiger partial charge on any atom is -0.481 e. The number of alkyl halides is 3. The van der Waals surface area contributed by atoms with Crippen LogP contribution in [0.2, 0.25) is 0 Å². The Morgan fingerprint density at radius 3 is 2.53 bits per heavy atom. The van der Waals surface area contributed by atoms with Crippen molar-refractivity contribution in [1.29, 1.82) is 0 Å². The number of hydrogen-bond donors (Lipinski definition) is 2. The largest absolute Gasteiger partial charge is 0.481 e. The molecule has 0 heterocycles. The SMILES string of the molecule is NC(CC(=O)O)c1c(Br)cccc1C(F)(F)F. The van der Waals surface area contributed by atoms with Crippen LogP contribution >= 0.6 is 15.9 Å². The third kappa shape index (κ3) is 3.44. The lowest BCUT2D eigenvalue weighted by atomic mass is 9.98. The summed E-state index contributed by atoms with van der Waals surface area (Å²) in [5.74, 6) is -1.25. The molecule has 0 aliphatic rings. The number of aliphatic carboxylic acids is 1. The van der Waals surface area contributed by atoms with Gasteiger partial charge in [0.25, 0.3) is 0 Å². The maximum absolute atomic E-state index is 12.7. The lowest BCUT2D eigenvalue weighted by Crippen LogP contribution is -2.20. The van der Waals surface area contributed by atoms with E-state index in [0.29, 0.717) is 0 Å². The molecular formula is C10H9BrF3NO2. The smallest absolute Gasteiger partial charge is 0.416 e. The molecule has 94 valence electrons. The van der Waals surface area contributed by atoms with Crippen molar-refractivity contribution >= 4 is 21.9 Å². The van der Waals surface area contributed by atoms with Gasteiger partial charge in [-0.05, 0) is 17.7 Å². The second-order valence-electron chi connectivity index (χ2n) is 3.40. The number of carboxylic acids is 1. The Bertz CT molecular complexity index is 434. The van der Waals surface area contributed by atoms with Crippen molar-refractivity contribution in [1.82, 2.24) is 0 Å². The molecule has 17 heavy (non-hydrogen) atoms. The molecule has 1 atom stereocenters. The average molecular weight is 312 g/mol. The monoisotopic (exact) mass is 311 g/mol. The molecule has 0 radical (unpaired) electrons. The molecule has 1 unspecified atom stereocenters. The van der Waals surface area contributed by atoms with Crippen molar-refractivity contribution in [2.45, 2.75) is 18.6 Å². The maximum Gasteiger partial charge on any atom is 0.416 e. The molecule has 0 aliphatic heterocycles. The van der Waals surface area contributed by atoms with E-state index in [2.05, 4.69) is 15.9 Å². The fourth-order valence-electron chi connectivity index (χ4n) is 1.45. The van der Waals surface area contributed by atoms with E-state index in [1.54, 1.807) is 0 Å². The topological polar surface area (TPSA) is 63.3 Å². The number of rotatable bonds is 3. The van der Waals surface area contributed by atoms with E-state index >= 15 is 0 Å². The van der Waals surface area contributed by atoms with Crippen molar-refractivity contribution in [2.24, 2.45) is 5.73 Å². The number of hydrogen-bond acceptors (Lipinski definition) is 2. The molecule has 3 nitrogen and oxygen atoms in total. The predicted molar refractivity (Wildman–Crippen MR) is 58.3 cm³/mol. The molecule has 0 saturated carbocycles. The summed E-state index contributed by atoms with van der Waals surface area (Å²) in [4.78, 5) is 10.5. The number of benzene rings is 1. The van der Waals surface area contributed by atoms with E-state index in [1.807, 2.05) is 0 Å².